The second kappa shape index (κ2) is 5.12. The highest BCUT2D eigenvalue weighted by atomic mass is 19.1. The number of halogens is 2. The van der Waals surface area contributed by atoms with Crippen LogP contribution in [0.1, 0.15) is 31.1 Å². The molecule has 0 saturated carbocycles. The number of nitrogens with two attached hydrogens (primary N) is 1. The van der Waals surface area contributed by atoms with Gasteiger partial charge in [0.05, 0.1) is 11.3 Å². The number of nitrogens with one attached hydrogen (secondary N) is 1. The van der Waals surface area contributed by atoms with E-state index in [4.69, 9.17) is 5.73 Å². The van der Waals surface area contributed by atoms with Crippen molar-refractivity contribution >= 4 is 11.6 Å². The molecule has 0 fully saturated rings. The number of carbonyl (C=O) groups is 1. The Morgan fingerprint density at radius 2 is 1.82 bits per heavy atom. The predicted octanol–water partition coefficient (Wildman–Crippen LogP) is 2.32. The van der Waals surface area contributed by atoms with Crippen molar-refractivity contribution in [1.82, 2.24) is 5.32 Å². The average Bonchev–Trinajstić information content (AvgIpc) is 2.22. The number of hydrogen-bond acceptors (Lipinski definition) is 2. The van der Waals surface area contributed by atoms with Crippen LogP contribution in [0.4, 0.5) is 14.5 Å². The van der Waals surface area contributed by atoms with Gasteiger partial charge in [0, 0.05) is 12.1 Å². The van der Waals surface area contributed by atoms with Gasteiger partial charge in [-0.2, -0.15) is 0 Å². The molecule has 1 amide bonds. The number of benzene rings is 1. The van der Waals surface area contributed by atoms with E-state index in [1.165, 1.54) is 0 Å². The van der Waals surface area contributed by atoms with Crippen LogP contribution >= 0.6 is 0 Å². The first-order valence-electron chi connectivity index (χ1n) is 5.38. The van der Waals surface area contributed by atoms with Crippen LogP contribution in [0.2, 0.25) is 0 Å². The van der Waals surface area contributed by atoms with Crippen LogP contribution in [0.25, 0.3) is 0 Å². The molecule has 0 radical (unpaired) electrons. The number of hydrogen-bond donors (Lipinski definition) is 2. The number of carbonyl (C=O) groups excluding carboxylic acids is 1. The summed E-state index contributed by atoms with van der Waals surface area (Å²) >= 11 is 0. The van der Waals surface area contributed by atoms with Crippen LogP contribution in [0.15, 0.2) is 12.1 Å². The zero-order valence-corrected chi connectivity index (χ0v) is 10.1. The SMILES string of the molecule is CC(C)C(C)NC(=O)c1cc(N)c(F)cc1F. The predicted molar refractivity (Wildman–Crippen MR) is 62.5 cm³/mol. The number of amides is 1. The molecule has 0 aliphatic carbocycles. The van der Waals surface area contributed by atoms with Gasteiger partial charge >= 0.3 is 0 Å². The van der Waals surface area contributed by atoms with E-state index in [-0.39, 0.29) is 23.2 Å². The first kappa shape index (κ1) is 13.4. The lowest BCUT2D eigenvalue weighted by Gasteiger charge is -2.17. The van der Waals surface area contributed by atoms with Crippen molar-refractivity contribution in [3.63, 3.8) is 0 Å². The summed E-state index contributed by atoms with van der Waals surface area (Å²) in [6, 6.07) is 1.52. The van der Waals surface area contributed by atoms with Gasteiger partial charge in [0.15, 0.2) is 0 Å². The fourth-order valence-corrected chi connectivity index (χ4v) is 1.19. The summed E-state index contributed by atoms with van der Waals surface area (Å²) in [6.45, 7) is 5.67. The van der Waals surface area contributed by atoms with Gasteiger partial charge < -0.3 is 11.1 Å². The Bertz CT molecular complexity index is 433. The summed E-state index contributed by atoms with van der Waals surface area (Å²) in [7, 11) is 0. The summed E-state index contributed by atoms with van der Waals surface area (Å²) in [5, 5.41) is 2.63. The van der Waals surface area contributed by atoms with Gasteiger partial charge in [-0.3, -0.25) is 4.79 Å². The second-order valence-electron chi connectivity index (χ2n) is 4.36. The van der Waals surface area contributed by atoms with Crippen LogP contribution in [0.3, 0.4) is 0 Å². The summed E-state index contributed by atoms with van der Waals surface area (Å²) in [4.78, 5) is 11.7. The fraction of sp³-hybridized carbons (Fsp3) is 0.417. The highest BCUT2D eigenvalue weighted by Crippen LogP contribution is 2.17. The molecule has 0 spiro atoms. The average molecular weight is 242 g/mol. The molecule has 0 aliphatic rings. The Labute approximate surface area is 99.0 Å². The van der Waals surface area contributed by atoms with Crippen molar-refractivity contribution in [3.05, 3.63) is 29.3 Å². The molecule has 3 N–H and O–H groups in total. The molecule has 17 heavy (non-hydrogen) atoms. The molecule has 94 valence electrons. The Kier molecular flexibility index (Phi) is 4.04. The molecule has 0 bridgehead atoms. The third-order valence-electron chi connectivity index (χ3n) is 2.69. The van der Waals surface area contributed by atoms with Gasteiger partial charge in [-0.25, -0.2) is 8.78 Å². The molecule has 0 aliphatic heterocycles. The Morgan fingerprint density at radius 3 is 2.35 bits per heavy atom. The normalized spacial score (nSPS) is 12.6. The first-order chi connectivity index (χ1) is 7.82. The Hall–Kier alpha value is -1.65. The van der Waals surface area contributed by atoms with Gasteiger partial charge in [-0.05, 0) is 18.9 Å². The Morgan fingerprint density at radius 1 is 1.24 bits per heavy atom. The first-order valence-corrected chi connectivity index (χ1v) is 5.38. The van der Waals surface area contributed by atoms with Gasteiger partial charge in [-0.1, -0.05) is 13.8 Å². The molecule has 1 atom stereocenters. The van der Waals surface area contributed by atoms with E-state index in [1.807, 2.05) is 20.8 Å². The van der Waals surface area contributed by atoms with Gasteiger partial charge in [-0.15, -0.1) is 0 Å². The molecule has 0 saturated heterocycles. The maximum Gasteiger partial charge on any atom is 0.254 e. The van der Waals surface area contributed by atoms with Crippen molar-refractivity contribution in [2.24, 2.45) is 5.92 Å². The van der Waals surface area contributed by atoms with Gasteiger partial charge in [0.2, 0.25) is 0 Å². The highest BCUT2D eigenvalue weighted by molar-refractivity contribution is 5.95. The fourth-order valence-electron chi connectivity index (χ4n) is 1.19. The lowest BCUT2D eigenvalue weighted by atomic mass is 10.1. The quantitative estimate of drug-likeness (QED) is 0.799. The van der Waals surface area contributed by atoms with Crippen molar-refractivity contribution in [2.75, 3.05) is 5.73 Å². The van der Waals surface area contributed by atoms with E-state index in [0.717, 1.165) is 6.07 Å². The topological polar surface area (TPSA) is 55.1 Å². The monoisotopic (exact) mass is 242 g/mol. The van der Waals surface area contributed by atoms with Crippen LogP contribution < -0.4 is 11.1 Å². The lowest BCUT2D eigenvalue weighted by molar-refractivity contribution is 0.0926. The lowest BCUT2D eigenvalue weighted by Crippen LogP contribution is -2.36. The summed E-state index contributed by atoms with van der Waals surface area (Å²) in [5.41, 5.74) is 4.81. The smallest absolute Gasteiger partial charge is 0.254 e. The minimum atomic E-state index is -0.912. The molecule has 1 aromatic carbocycles. The highest BCUT2D eigenvalue weighted by Gasteiger charge is 2.17. The molecular weight excluding hydrogens is 226 g/mol. The third kappa shape index (κ3) is 3.15. The molecule has 1 aromatic rings. The zero-order valence-electron chi connectivity index (χ0n) is 10.1. The summed E-state index contributed by atoms with van der Waals surface area (Å²) in [6.07, 6.45) is 0. The molecule has 0 aromatic heterocycles. The van der Waals surface area contributed by atoms with E-state index in [2.05, 4.69) is 5.32 Å². The van der Waals surface area contributed by atoms with Crippen molar-refractivity contribution < 1.29 is 13.6 Å². The van der Waals surface area contributed by atoms with E-state index < -0.39 is 17.5 Å². The molecular formula is C12H16F2N2O. The molecule has 1 rings (SSSR count). The minimum Gasteiger partial charge on any atom is -0.396 e. The van der Waals surface area contributed by atoms with Gasteiger partial charge in [0.1, 0.15) is 11.6 Å². The third-order valence-corrected chi connectivity index (χ3v) is 2.69. The van der Waals surface area contributed by atoms with Crippen LogP contribution in [-0.2, 0) is 0 Å². The van der Waals surface area contributed by atoms with E-state index in [1.54, 1.807) is 0 Å². The van der Waals surface area contributed by atoms with Crippen molar-refractivity contribution in [1.29, 1.82) is 0 Å². The molecule has 5 heteroatoms. The minimum absolute atomic E-state index is 0.104. The molecule has 1 unspecified atom stereocenters. The molecule has 3 nitrogen and oxygen atoms in total. The van der Waals surface area contributed by atoms with E-state index in [9.17, 15) is 13.6 Å². The van der Waals surface area contributed by atoms with Crippen molar-refractivity contribution in [2.45, 2.75) is 26.8 Å². The maximum absolute atomic E-state index is 13.4. The van der Waals surface area contributed by atoms with Crippen LogP contribution in [0, 0.1) is 17.6 Å². The Balaban J connectivity index is 2.93. The van der Waals surface area contributed by atoms with Crippen LogP contribution in [-0.4, -0.2) is 11.9 Å². The number of nitrogen functional groups attached to an aromatic ring is 1. The van der Waals surface area contributed by atoms with Crippen molar-refractivity contribution in [3.8, 4) is 0 Å². The molecule has 0 heterocycles. The summed E-state index contributed by atoms with van der Waals surface area (Å²) < 4.78 is 26.3. The van der Waals surface area contributed by atoms with E-state index in [0.29, 0.717) is 6.07 Å². The van der Waals surface area contributed by atoms with Crippen LogP contribution in [0.5, 0.6) is 0 Å². The van der Waals surface area contributed by atoms with E-state index >= 15 is 0 Å². The largest absolute Gasteiger partial charge is 0.396 e. The maximum atomic E-state index is 13.4. The zero-order chi connectivity index (χ0) is 13.2. The standard InChI is InChI=1S/C12H16F2N2O/c1-6(2)7(3)16-12(17)8-4-11(15)10(14)5-9(8)13/h4-7H,15H2,1-3H3,(H,16,17). The van der Waals surface area contributed by atoms with Gasteiger partial charge in [0.25, 0.3) is 5.91 Å². The summed E-state index contributed by atoms with van der Waals surface area (Å²) in [5.74, 6) is -2.14. The second-order valence-corrected chi connectivity index (χ2v) is 4.36. The number of anilines is 1. The number of rotatable bonds is 3.